The van der Waals surface area contributed by atoms with Gasteiger partial charge in [-0.3, -0.25) is 4.79 Å². The Morgan fingerprint density at radius 1 is 0.953 bits per heavy atom. The minimum Gasteiger partial charge on any atom is -0.497 e. The van der Waals surface area contributed by atoms with Crippen LogP contribution in [-0.4, -0.2) is 62.5 Å². The van der Waals surface area contributed by atoms with Gasteiger partial charge in [-0.2, -0.15) is 0 Å². The molecule has 0 unspecified atom stereocenters. The van der Waals surface area contributed by atoms with Gasteiger partial charge in [0.25, 0.3) is 5.91 Å². The molecule has 9 nitrogen and oxygen atoms in total. The predicted molar refractivity (Wildman–Crippen MR) is 166 cm³/mol. The summed E-state index contributed by atoms with van der Waals surface area (Å²) in [5.74, 6) is 1.53. The van der Waals surface area contributed by atoms with Crippen molar-refractivity contribution in [2.24, 2.45) is 5.73 Å². The van der Waals surface area contributed by atoms with E-state index in [1.54, 1.807) is 19.2 Å². The zero-order valence-electron chi connectivity index (χ0n) is 25.6. The number of hydrogen-bond acceptors (Lipinski definition) is 8. The molecule has 1 heterocycles. The summed E-state index contributed by atoms with van der Waals surface area (Å²) in [6.07, 6.45) is 1.52. The number of aryl methyl sites for hydroxylation is 1. The Labute approximate surface area is 254 Å². The number of ether oxygens (including phenoxy) is 4. The maximum atomic E-state index is 13.5. The molecular formula is C34H43N3O6. The fourth-order valence-electron chi connectivity index (χ4n) is 5.16. The normalized spacial score (nSPS) is 13.3. The number of amides is 1. The van der Waals surface area contributed by atoms with Crippen molar-refractivity contribution in [3.8, 4) is 17.2 Å². The van der Waals surface area contributed by atoms with Gasteiger partial charge in [-0.15, -0.1) is 0 Å². The predicted octanol–water partition coefficient (Wildman–Crippen LogP) is 4.88. The molecule has 2 atom stereocenters. The molecule has 3 aromatic rings. The summed E-state index contributed by atoms with van der Waals surface area (Å²) in [7, 11) is 1.63. The molecule has 0 aliphatic carbocycles. The van der Waals surface area contributed by atoms with Crippen molar-refractivity contribution < 1.29 is 28.5 Å². The van der Waals surface area contributed by atoms with E-state index in [1.165, 1.54) is 0 Å². The number of methoxy groups -OCH3 is 1. The Balaban J connectivity index is 1.51. The zero-order chi connectivity index (χ0) is 30.8. The number of nitrogens with two attached hydrogens (primary N) is 1. The highest BCUT2D eigenvalue weighted by Gasteiger charge is 2.25. The van der Waals surface area contributed by atoms with Gasteiger partial charge in [0.1, 0.15) is 11.9 Å². The van der Waals surface area contributed by atoms with Crippen LogP contribution in [0.1, 0.15) is 64.1 Å². The lowest BCUT2D eigenvalue weighted by atomic mass is 10.0. The second-order valence-corrected chi connectivity index (χ2v) is 10.9. The van der Waals surface area contributed by atoms with E-state index in [2.05, 4.69) is 5.32 Å². The lowest BCUT2D eigenvalue weighted by Gasteiger charge is -2.25. The van der Waals surface area contributed by atoms with E-state index in [4.69, 9.17) is 24.7 Å². The summed E-state index contributed by atoms with van der Waals surface area (Å²) in [5, 5.41) is 3.38. The highest BCUT2D eigenvalue weighted by atomic mass is 16.7. The molecule has 4 rings (SSSR count). The van der Waals surface area contributed by atoms with Crippen molar-refractivity contribution in [2.45, 2.75) is 58.7 Å². The summed E-state index contributed by atoms with van der Waals surface area (Å²) in [5.41, 5.74) is 10.3. The van der Waals surface area contributed by atoms with Gasteiger partial charge in [0, 0.05) is 37.8 Å². The highest BCUT2D eigenvalue weighted by molar-refractivity contribution is 5.98. The van der Waals surface area contributed by atoms with E-state index in [-0.39, 0.29) is 12.7 Å². The lowest BCUT2D eigenvalue weighted by molar-refractivity contribution is 0.0238. The Hall–Kier alpha value is -4.08. The van der Waals surface area contributed by atoms with Crippen molar-refractivity contribution in [1.82, 2.24) is 10.2 Å². The number of rotatable bonds is 15. The van der Waals surface area contributed by atoms with E-state index in [1.807, 2.05) is 74.2 Å². The van der Waals surface area contributed by atoms with Crippen molar-refractivity contribution in [2.75, 3.05) is 33.5 Å². The van der Waals surface area contributed by atoms with Crippen molar-refractivity contribution >= 4 is 11.9 Å². The Morgan fingerprint density at radius 2 is 1.70 bits per heavy atom. The van der Waals surface area contributed by atoms with E-state index >= 15 is 0 Å². The third-order valence-corrected chi connectivity index (χ3v) is 7.29. The quantitative estimate of drug-likeness (QED) is 0.241. The van der Waals surface area contributed by atoms with E-state index < -0.39 is 18.1 Å². The van der Waals surface area contributed by atoms with E-state index in [0.717, 1.165) is 35.3 Å². The monoisotopic (exact) mass is 589 g/mol. The molecule has 230 valence electrons. The molecule has 0 saturated carbocycles. The standard InChI is InChI=1S/C34H43N3O6/c1-5-12-37(13-6-2)33(38)26-14-23(3)15-27(19-26)34(39)43-32(21-36-20-25-8-7-9-28(16-25)40-4)29(35)17-24-10-11-30-31(18-24)42-22-41-30/h7-11,14-16,18-19,29,32,36H,5-6,12-13,17,20-22,35H2,1-4H3/t29-,32+/m0/s1. The van der Waals surface area contributed by atoms with Crippen LogP contribution in [0, 0.1) is 6.92 Å². The topological polar surface area (TPSA) is 112 Å². The van der Waals surface area contributed by atoms with Gasteiger partial charge in [0.2, 0.25) is 6.79 Å². The van der Waals surface area contributed by atoms with Gasteiger partial charge in [0.05, 0.1) is 12.7 Å². The molecule has 43 heavy (non-hydrogen) atoms. The molecule has 0 fully saturated rings. The summed E-state index contributed by atoms with van der Waals surface area (Å²) in [6.45, 7) is 8.34. The Kier molecular flexibility index (Phi) is 11.4. The van der Waals surface area contributed by atoms with Crippen LogP contribution in [0.2, 0.25) is 0 Å². The van der Waals surface area contributed by atoms with Crippen LogP contribution in [0.3, 0.4) is 0 Å². The van der Waals surface area contributed by atoms with Gasteiger partial charge in [0.15, 0.2) is 11.5 Å². The molecule has 9 heteroatoms. The van der Waals surface area contributed by atoms with Crippen LogP contribution < -0.4 is 25.3 Å². The third kappa shape index (κ3) is 8.72. The van der Waals surface area contributed by atoms with E-state index in [9.17, 15) is 9.59 Å². The van der Waals surface area contributed by atoms with Gasteiger partial charge in [-0.25, -0.2) is 4.79 Å². The van der Waals surface area contributed by atoms with Crippen LogP contribution in [-0.2, 0) is 17.7 Å². The minimum atomic E-state index is -0.653. The van der Waals surface area contributed by atoms with Crippen LogP contribution in [0.5, 0.6) is 17.2 Å². The van der Waals surface area contributed by atoms with Gasteiger partial charge in [-0.05, 0) is 85.3 Å². The summed E-state index contributed by atoms with van der Waals surface area (Å²) < 4.78 is 22.3. The smallest absolute Gasteiger partial charge is 0.338 e. The second-order valence-electron chi connectivity index (χ2n) is 10.9. The first-order valence-corrected chi connectivity index (χ1v) is 14.9. The fourth-order valence-corrected chi connectivity index (χ4v) is 5.16. The lowest BCUT2D eigenvalue weighted by Crippen LogP contribution is -2.46. The van der Waals surface area contributed by atoms with Gasteiger partial charge >= 0.3 is 5.97 Å². The largest absolute Gasteiger partial charge is 0.497 e. The first-order chi connectivity index (χ1) is 20.8. The number of carbonyl (C=O) groups is 2. The van der Waals surface area contributed by atoms with Crippen molar-refractivity contribution in [3.05, 3.63) is 88.5 Å². The van der Waals surface area contributed by atoms with Crippen LogP contribution in [0.4, 0.5) is 0 Å². The zero-order valence-corrected chi connectivity index (χ0v) is 25.6. The molecule has 0 radical (unpaired) electrons. The fraction of sp³-hybridized carbons (Fsp3) is 0.412. The van der Waals surface area contributed by atoms with Crippen molar-refractivity contribution in [3.63, 3.8) is 0 Å². The molecule has 1 amide bonds. The first kappa shape index (κ1) is 31.8. The molecule has 1 aliphatic rings. The van der Waals surface area contributed by atoms with Crippen LogP contribution in [0.15, 0.2) is 60.7 Å². The van der Waals surface area contributed by atoms with Crippen LogP contribution >= 0.6 is 0 Å². The molecule has 3 N–H and O–H groups in total. The molecule has 0 spiro atoms. The number of esters is 1. The molecule has 3 aromatic carbocycles. The molecule has 1 aliphatic heterocycles. The Bertz CT molecular complexity index is 1390. The molecule has 0 bridgehead atoms. The summed E-state index contributed by atoms with van der Waals surface area (Å²) in [4.78, 5) is 28.7. The maximum absolute atomic E-state index is 13.5. The maximum Gasteiger partial charge on any atom is 0.338 e. The number of fused-ring (bicyclic) bond motifs is 1. The Morgan fingerprint density at radius 3 is 2.44 bits per heavy atom. The van der Waals surface area contributed by atoms with Crippen molar-refractivity contribution in [1.29, 1.82) is 0 Å². The average Bonchev–Trinajstić information content (AvgIpc) is 3.48. The second kappa shape index (κ2) is 15.4. The number of hydrogen-bond donors (Lipinski definition) is 2. The first-order valence-electron chi connectivity index (χ1n) is 14.9. The minimum absolute atomic E-state index is 0.0857. The van der Waals surface area contributed by atoms with Gasteiger partial charge in [-0.1, -0.05) is 32.0 Å². The number of nitrogens with one attached hydrogen (secondary N) is 1. The molecular weight excluding hydrogens is 546 g/mol. The average molecular weight is 590 g/mol. The third-order valence-electron chi connectivity index (χ3n) is 7.29. The van der Waals surface area contributed by atoms with E-state index in [0.29, 0.717) is 55.2 Å². The SMILES string of the molecule is CCCN(CCC)C(=O)c1cc(C)cc(C(=O)O[C@H](CNCc2cccc(OC)c2)[C@@H](N)Cc2ccc3c(c2)OCO3)c1. The summed E-state index contributed by atoms with van der Waals surface area (Å²) >= 11 is 0. The molecule has 0 saturated heterocycles. The number of benzene rings is 3. The highest BCUT2D eigenvalue weighted by Crippen LogP contribution is 2.33. The number of nitrogens with zero attached hydrogens (tertiary/aromatic N) is 1. The van der Waals surface area contributed by atoms with Crippen LogP contribution in [0.25, 0.3) is 0 Å². The summed E-state index contributed by atoms with van der Waals surface area (Å²) in [6, 6.07) is 18.1. The molecule has 0 aromatic heterocycles. The van der Waals surface area contributed by atoms with Gasteiger partial charge < -0.3 is 34.9 Å². The number of carbonyl (C=O) groups excluding carboxylic acids is 2.